The van der Waals surface area contributed by atoms with Gasteiger partial charge in [-0.1, -0.05) is 43.0 Å². The van der Waals surface area contributed by atoms with Crippen molar-refractivity contribution in [1.82, 2.24) is 0 Å². The summed E-state index contributed by atoms with van der Waals surface area (Å²) in [4.78, 5) is 0. The molecule has 0 saturated heterocycles. The van der Waals surface area contributed by atoms with Crippen molar-refractivity contribution in [3.8, 4) is 0 Å². The Balaban J connectivity index is 2.59. The number of hydrogen-bond acceptors (Lipinski definition) is 2. The van der Waals surface area contributed by atoms with Crippen molar-refractivity contribution < 1.29 is 4.74 Å². The SMILES string of the molecule is C=CCOC(=S)c1ccccc1. The molecule has 0 aliphatic carbocycles. The minimum absolute atomic E-state index is 0.466. The lowest BCUT2D eigenvalue weighted by molar-refractivity contribution is 0.361. The van der Waals surface area contributed by atoms with Gasteiger partial charge in [-0.15, -0.1) is 0 Å². The molecule has 0 unspecified atom stereocenters. The van der Waals surface area contributed by atoms with Crippen molar-refractivity contribution in [3.63, 3.8) is 0 Å². The van der Waals surface area contributed by atoms with Crippen molar-refractivity contribution in [2.45, 2.75) is 0 Å². The second kappa shape index (κ2) is 4.67. The smallest absolute Gasteiger partial charge is 0.191 e. The molecule has 0 aromatic heterocycles. The van der Waals surface area contributed by atoms with Gasteiger partial charge in [0.25, 0.3) is 0 Å². The van der Waals surface area contributed by atoms with Crippen LogP contribution in [0, 0.1) is 0 Å². The molecule has 62 valence electrons. The summed E-state index contributed by atoms with van der Waals surface area (Å²) >= 11 is 5.02. The van der Waals surface area contributed by atoms with Crippen LogP contribution in [0.4, 0.5) is 0 Å². The second-order valence-electron chi connectivity index (χ2n) is 2.25. The predicted octanol–water partition coefficient (Wildman–Crippen LogP) is 2.56. The summed E-state index contributed by atoms with van der Waals surface area (Å²) in [6.07, 6.45) is 1.68. The van der Waals surface area contributed by atoms with E-state index in [1.54, 1.807) is 6.08 Å². The number of benzene rings is 1. The third-order valence-corrected chi connectivity index (χ3v) is 1.70. The summed E-state index contributed by atoms with van der Waals surface area (Å²) in [6, 6.07) is 9.65. The quantitative estimate of drug-likeness (QED) is 0.519. The van der Waals surface area contributed by atoms with Gasteiger partial charge in [-0.05, 0) is 12.2 Å². The fraction of sp³-hybridized carbons (Fsp3) is 0.100. The van der Waals surface area contributed by atoms with Crippen molar-refractivity contribution in [3.05, 3.63) is 48.6 Å². The van der Waals surface area contributed by atoms with E-state index < -0.39 is 0 Å². The fourth-order valence-electron chi connectivity index (χ4n) is 0.792. The lowest BCUT2D eigenvalue weighted by Gasteiger charge is -2.03. The Hall–Kier alpha value is -1.15. The van der Waals surface area contributed by atoms with E-state index in [1.807, 2.05) is 30.3 Å². The van der Waals surface area contributed by atoms with Crippen LogP contribution in [0.5, 0.6) is 0 Å². The van der Waals surface area contributed by atoms with Gasteiger partial charge in [0.2, 0.25) is 0 Å². The molecule has 1 aromatic carbocycles. The van der Waals surface area contributed by atoms with E-state index in [4.69, 9.17) is 17.0 Å². The molecule has 0 spiro atoms. The average molecular weight is 178 g/mol. The minimum atomic E-state index is 0.466. The Morgan fingerprint density at radius 2 is 2.08 bits per heavy atom. The molecule has 0 amide bonds. The van der Waals surface area contributed by atoms with Crippen LogP contribution in [0.2, 0.25) is 0 Å². The van der Waals surface area contributed by atoms with Crippen molar-refractivity contribution in [2.24, 2.45) is 0 Å². The summed E-state index contributed by atoms with van der Waals surface area (Å²) in [6.45, 7) is 4.01. The van der Waals surface area contributed by atoms with Gasteiger partial charge < -0.3 is 4.74 Å². The highest BCUT2D eigenvalue weighted by Gasteiger charge is 1.97. The highest BCUT2D eigenvalue weighted by molar-refractivity contribution is 7.80. The van der Waals surface area contributed by atoms with E-state index in [1.165, 1.54) is 0 Å². The molecule has 1 rings (SSSR count). The molecule has 0 fully saturated rings. The predicted molar refractivity (Wildman–Crippen MR) is 54.3 cm³/mol. The topological polar surface area (TPSA) is 9.23 Å². The maximum absolute atomic E-state index is 5.19. The first-order valence-electron chi connectivity index (χ1n) is 3.67. The maximum Gasteiger partial charge on any atom is 0.191 e. The minimum Gasteiger partial charge on any atom is -0.479 e. The number of thiocarbonyl (C=S) groups is 1. The third-order valence-electron chi connectivity index (χ3n) is 1.34. The summed E-state index contributed by atoms with van der Waals surface area (Å²) < 4.78 is 5.19. The van der Waals surface area contributed by atoms with Crippen LogP contribution in [0.25, 0.3) is 0 Å². The monoisotopic (exact) mass is 178 g/mol. The number of rotatable bonds is 3. The molecule has 12 heavy (non-hydrogen) atoms. The third kappa shape index (κ3) is 2.47. The van der Waals surface area contributed by atoms with E-state index in [-0.39, 0.29) is 0 Å². The second-order valence-corrected chi connectivity index (χ2v) is 2.62. The molecule has 0 bridgehead atoms. The van der Waals surface area contributed by atoms with Gasteiger partial charge >= 0.3 is 0 Å². The highest BCUT2D eigenvalue weighted by atomic mass is 32.1. The number of ether oxygens (including phenoxy) is 1. The van der Waals surface area contributed by atoms with Gasteiger partial charge in [-0.25, -0.2) is 0 Å². The first kappa shape index (κ1) is 8.94. The molecular formula is C10H10OS. The summed E-state index contributed by atoms with van der Waals surface area (Å²) in [7, 11) is 0. The zero-order chi connectivity index (χ0) is 8.81. The molecule has 0 heterocycles. The van der Waals surface area contributed by atoms with E-state index in [9.17, 15) is 0 Å². The van der Waals surface area contributed by atoms with Crippen molar-refractivity contribution in [2.75, 3.05) is 6.61 Å². The molecular weight excluding hydrogens is 168 g/mol. The summed E-state index contributed by atoms with van der Waals surface area (Å²) in [5.74, 6) is 0. The largest absolute Gasteiger partial charge is 0.479 e. The van der Waals surface area contributed by atoms with Gasteiger partial charge in [0.1, 0.15) is 6.61 Å². The molecule has 0 atom stereocenters. The Labute approximate surface area is 77.7 Å². The Morgan fingerprint density at radius 3 is 2.67 bits per heavy atom. The molecule has 0 N–H and O–H groups in total. The summed E-state index contributed by atoms with van der Waals surface area (Å²) in [5, 5.41) is 0.524. The first-order valence-corrected chi connectivity index (χ1v) is 4.08. The van der Waals surface area contributed by atoms with Crippen LogP contribution >= 0.6 is 12.2 Å². The van der Waals surface area contributed by atoms with Crippen LogP contribution in [0.15, 0.2) is 43.0 Å². The Bertz CT molecular complexity index is 266. The first-order chi connectivity index (χ1) is 5.84. The van der Waals surface area contributed by atoms with E-state index in [0.29, 0.717) is 11.7 Å². The van der Waals surface area contributed by atoms with Crippen LogP contribution in [0.3, 0.4) is 0 Å². The van der Waals surface area contributed by atoms with Crippen LogP contribution in [-0.2, 0) is 4.74 Å². The molecule has 0 aliphatic heterocycles. The normalized spacial score (nSPS) is 9.00. The van der Waals surface area contributed by atoms with Crippen LogP contribution < -0.4 is 0 Å². The van der Waals surface area contributed by atoms with Crippen molar-refractivity contribution >= 4 is 17.3 Å². The molecule has 0 aliphatic rings. The Morgan fingerprint density at radius 1 is 1.42 bits per heavy atom. The summed E-state index contributed by atoms with van der Waals surface area (Å²) in [5.41, 5.74) is 0.939. The van der Waals surface area contributed by atoms with E-state index in [2.05, 4.69) is 6.58 Å². The van der Waals surface area contributed by atoms with Gasteiger partial charge in [0, 0.05) is 5.56 Å². The lowest BCUT2D eigenvalue weighted by Crippen LogP contribution is -2.02. The van der Waals surface area contributed by atoms with Crippen molar-refractivity contribution in [1.29, 1.82) is 0 Å². The van der Waals surface area contributed by atoms with Crippen LogP contribution in [0.1, 0.15) is 5.56 Å². The van der Waals surface area contributed by atoms with E-state index >= 15 is 0 Å². The molecule has 2 heteroatoms. The van der Waals surface area contributed by atoms with Gasteiger partial charge in [-0.3, -0.25) is 0 Å². The Kier molecular flexibility index (Phi) is 3.48. The van der Waals surface area contributed by atoms with Gasteiger partial charge in [0.15, 0.2) is 5.05 Å². The van der Waals surface area contributed by atoms with Gasteiger partial charge in [-0.2, -0.15) is 0 Å². The standard InChI is InChI=1S/C10H10OS/c1-2-8-11-10(12)9-6-4-3-5-7-9/h2-7H,1,8H2. The van der Waals surface area contributed by atoms with Crippen LogP contribution in [-0.4, -0.2) is 11.7 Å². The zero-order valence-electron chi connectivity index (χ0n) is 6.69. The number of hydrogen-bond donors (Lipinski definition) is 0. The van der Waals surface area contributed by atoms with Gasteiger partial charge in [0.05, 0.1) is 0 Å². The highest BCUT2D eigenvalue weighted by Crippen LogP contribution is 2.02. The lowest BCUT2D eigenvalue weighted by atomic mass is 10.2. The zero-order valence-corrected chi connectivity index (χ0v) is 7.51. The molecule has 0 saturated carbocycles. The molecule has 1 nitrogen and oxygen atoms in total. The maximum atomic E-state index is 5.19. The van der Waals surface area contributed by atoms with E-state index in [0.717, 1.165) is 5.56 Å². The molecule has 0 radical (unpaired) electrons. The average Bonchev–Trinajstić information content (AvgIpc) is 2.15. The fourth-order valence-corrected chi connectivity index (χ4v) is 0.996. The molecule has 1 aromatic rings.